The Morgan fingerprint density at radius 3 is 2.39 bits per heavy atom. The molecule has 3 N–H and O–H groups in total. The lowest BCUT2D eigenvalue weighted by Gasteiger charge is -2.31. The van der Waals surface area contributed by atoms with E-state index in [0.29, 0.717) is 12.5 Å². The normalized spacial score (nSPS) is 21.1. The Labute approximate surface area is 139 Å². The van der Waals surface area contributed by atoms with Crippen LogP contribution in [0.4, 0.5) is 4.79 Å². The summed E-state index contributed by atoms with van der Waals surface area (Å²) in [6, 6.07) is -0.0951. The molecule has 132 valence electrons. The topological polar surface area (TPSA) is 73.5 Å². The molecule has 6 heteroatoms. The van der Waals surface area contributed by atoms with Crippen LogP contribution in [0.25, 0.3) is 0 Å². The van der Waals surface area contributed by atoms with Gasteiger partial charge in [-0.2, -0.15) is 0 Å². The summed E-state index contributed by atoms with van der Waals surface area (Å²) in [5.74, 6) is 0.521. The van der Waals surface area contributed by atoms with Crippen LogP contribution in [0.3, 0.4) is 0 Å². The molecule has 23 heavy (non-hydrogen) atoms. The Morgan fingerprint density at radius 2 is 1.74 bits per heavy atom. The summed E-state index contributed by atoms with van der Waals surface area (Å²) in [6.45, 7) is 6.41. The number of amides is 3. The van der Waals surface area contributed by atoms with E-state index in [1.165, 1.54) is 19.3 Å². The number of likely N-dealkylation sites (tertiary alicyclic amines) is 1. The Balaban J connectivity index is 1.60. The minimum Gasteiger partial charge on any atom is -0.335 e. The first kappa shape index (κ1) is 18.2. The summed E-state index contributed by atoms with van der Waals surface area (Å²) in [4.78, 5) is 26.0. The average molecular weight is 324 g/mol. The molecular weight excluding hydrogens is 292 g/mol. The lowest BCUT2D eigenvalue weighted by molar-refractivity contribution is -0.121. The number of hydrogen-bond acceptors (Lipinski definition) is 4. The van der Waals surface area contributed by atoms with Crippen molar-refractivity contribution in [2.75, 3.05) is 32.7 Å². The van der Waals surface area contributed by atoms with E-state index in [1.807, 2.05) is 0 Å². The van der Waals surface area contributed by atoms with Crippen LogP contribution in [0, 0.1) is 5.92 Å². The Morgan fingerprint density at radius 1 is 1.04 bits per heavy atom. The summed E-state index contributed by atoms with van der Waals surface area (Å²) in [6.07, 6.45) is 7.88. The van der Waals surface area contributed by atoms with Crippen molar-refractivity contribution in [3.63, 3.8) is 0 Å². The molecular formula is C17H32N4O2. The van der Waals surface area contributed by atoms with Crippen LogP contribution in [0.2, 0.25) is 0 Å². The van der Waals surface area contributed by atoms with E-state index in [4.69, 9.17) is 0 Å². The van der Waals surface area contributed by atoms with Crippen LogP contribution in [-0.2, 0) is 4.79 Å². The zero-order valence-electron chi connectivity index (χ0n) is 14.4. The van der Waals surface area contributed by atoms with Gasteiger partial charge in [0.25, 0.3) is 0 Å². The van der Waals surface area contributed by atoms with E-state index < -0.39 is 0 Å². The summed E-state index contributed by atoms with van der Waals surface area (Å²) < 4.78 is 0. The highest BCUT2D eigenvalue weighted by molar-refractivity contribution is 5.95. The van der Waals surface area contributed by atoms with E-state index in [2.05, 4.69) is 27.8 Å². The maximum atomic E-state index is 12.0. The van der Waals surface area contributed by atoms with Crippen molar-refractivity contribution in [2.24, 2.45) is 5.92 Å². The molecule has 6 nitrogen and oxygen atoms in total. The molecule has 0 radical (unpaired) electrons. The quantitative estimate of drug-likeness (QED) is 0.692. The van der Waals surface area contributed by atoms with Gasteiger partial charge in [0, 0.05) is 6.04 Å². The van der Waals surface area contributed by atoms with Crippen LogP contribution in [-0.4, -0.2) is 55.6 Å². The van der Waals surface area contributed by atoms with Crippen molar-refractivity contribution >= 4 is 11.9 Å². The van der Waals surface area contributed by atoms with Crippen molar-refractivity contribution in [3.05, 3.63) is 0 Å². The zero-order valence-corrected chi connectivity index (χ0v) is 14.4. The van der Waals surface area contributed by atoms with Crippen LogP contribution in [0.15, 0.2) is 0 Å². The monoisotopic (exact) mass is 324 g/mol. The molecule has 0 aromatic carbocycles. The van der Waals surface area contributed by atoms with Gasteiger partial charge >= 0.3 is 6.03 Å². The van der Waals surface area contributed by atoms with E-state index in [9.17, 15) is 9.59 Å². The van der Waals surface area contributed by atoms with Crippen LogP contribution >= 0.6 is 0 Å². The fourth-order valence-corrected chi connectivity index (χ4v) is 3.53. The van der Waals surface area contributed by atoms with Crippen LogP contribution in [0.5, 0.6) is 0 Å². The number of urea groups is 1. The molecule has 1 saturated carbocycles. The van der Waals surface area contributed by atoms with Crippen molar-refractivity contribution in [1.29, 1.82) is 0 Å². The predicted molar refractivity (Wildman–Crippen MR) is 91.3 cm³/mol. The molecule has 3 amide bonds. The highest BCUT2D eigenvalue weighted by Crippen LogP contribution is 2.17. The van der Waals surface area contributed by atoms with Gasteiger partial charge in [-0.15, -0.1) is 0 Å². The standard InChI is InChI=1S/C17H32N4O2/c1-2-18-12-14-8-10-21(11-9-14)13-16(22)20-17(23)19-15-6-4-3-5-7-15/h14-15,18H,2-13H2,1H3,(H2,19,20,22,23). The molecule has 2 aliphatic rings. The molecule has 0 bridgehead atoms. The van der Waals surface area contributed by atoms with Gasteiger partial charge in [-0.3, -0.25) is 15.0 Å². The molecule has 0 unspecified atom stereocenters. The largest absolute Gasteiger partial charge is 0.335 e. The van der Waals surface area contributed by atoms with Gasteiger partial charge in [-0.25, -0.2) is 4.79 Å². The molecule has 0 spiro atoms. The maximum absolute atomic E-state index is 12.0. The first-order valence-corrected chi connectivity index (χ1v) is 9.20. The summed E-state index contributed by atoms with van der Waals surface area (Å²) in [5.41, 5.74) is 0. The third kappa shape index (κ3) is 6.87. The fraction of sp³-hybridized carbons (Fsp3) is 0.882. The SMILES string of the molecule is CCNCC1CCN(CC(=O)NC(=O)NC2CCCCC2)CC1. The van der Waals surface area contributed by atoms with Gasteiger partial charge in [-0.05, 0) is 57.8 Å². The second kappa shape index (κ2) is 9.88. The number of carbonyl (C=O) groups is 2. The molecule has 1 aliphatic carbocycles. The van der Waals surface area contributed by atoms with E-state index in [0.717, 1.165) is 51.9 Å². The molecule has 1 heterocycles. The Bertz CT molecular complexity index is 375. The average Bonchev–Trinajstić information content (AvgIpc) is 2.55. The van der Waals surface area contributed by atoms with Gasteiger partial charge in [-0.1, -0.05) is 26.2 Å². The van der Waals surface area contributed by atoms with E-state index in [1.54, 1.807) is 0 Å². The van der Waals surface area contributed by atoms with Gasteiger partial charge in [0.2, 0.25) is 5.91 Å². The smallest absolute Gasteiger partial charge is 0.321 e. The number of carbonyl (C=O) groups excluding carboxylic acids is 2. The predicted octanol–water partition coefficient (Wildman–Crippen LogP) is 1.47. The van der Waals surface area contributed by atoms with E-state index >= 15 is 0 Å². The number of rotatable bonds is 6. The van der Waals surface area contributed by atoms with Crippen LogP contribution in [0.1, 0.15) is 51.9 Å². The van der Waals surface area contributed by atoms with Gasteiger partial charge in [0.1, 0.15) is 0 Å². The molecule has 1 aliphatic heterocycles. The van der Waals surface area contributed by atoms with Crippen molar-refractivity contribution in [2.45, 2.75) is 57.9 Å². The lowest BCUT2D eigenvalue weighted by atomic mass is 9.96. The zero-order chi connectivity index (χ0) is 16.5. The van der Waals surface area contributed by atoms with E-state index in [-0.39, 0.29) is 18.0 Å². The summed E-state index contributed by atoms with van der Waals surface area (Å²) in [5, 5.41) is 8.78. The third-order valence-electron chi connectivity index (χ3n) is 4.95. The minimum atomic E-state index is -0.330. The fourth-order valence-electron chi connectivity index (χ4n) is 3.53. The Hall–Kier alpha value is -1.14. The maximum Gasteiger partial charge on any atom is 0.321 e. The van der Waals surface area contributed by atoms with Gasteiger partial charge < -0.3 is 10.6 Å². The molecule has 0 aromatic rings. The summed E-state index contributed by atoms with van der Waals surface area (Å²) in [7, 11) is 0. The number of nitrogens with one attached hydrogen (secondary N) is 3. The number of piperidine rings is 1. The van der Waals surface area contributed by atoms with Gasteiger partial charge in [0.05, 0.1) is 6.54 Å². The second-order valence-electron chi connectivity index (χ2n) is 6.88. The van der Waals surface area contributed by atoms with Crippen LogP contribution < -0.4 is 16.0 Å². The van der Waals surface area contributed by atoms with Crippen molar-refractivity contribution in [1.82, 2.24) is 20.9 Å². The first-order chi connectivity index (χ1) is 11.2. The molecule has 2 rings (SSSR count). The third-order valence-corrected chi connectivity index (χ3v) is 4.95. The summed E-state index contributed by atoms with van der Waals surface area (Å²) >= 11 is 0. The number of nitrogens with zero attached hydrogens (tertiary/aromatic N) is 1. The van der Waals surface area contributed by atoms with Crippen molar-refractivity contribution < 1.29 is 9.59 Å². The second-order valence-corrected chi connectivity index (χ2v) is 6.88. The molecule has 2 fully saturated rings. The Kier molecular flexibility index (Phi) is 7.82. The highest BCUT2D eigenvalue weighted by atomic mass is 16.2. The number of hydrogen-bond donors (Lipinski definition) is 3. The molecule has 1 saturated heterocycles. The highest BCUT2D eigenvalue weighted by Gasteiger charge is 2.22. The molecule has 0 atom stereocenters. The molecule has 0 aromatic heterocycles. The van der Waals surface area contributed by atoms with Crippen molar-refractivity contribution in [3.8, 4) is 0 Å². The lowest BCUT2D eigenvalue weighted by Crippen LogP contribution is -2.49. The van der Waals surface area contributed by atoms with Gasteiger partial charge in [0.15, 0.2) is 0 Å². The first-order valence-electron chi connectivity index (χ1n) is 9.20. The number of imide groups is 1. The minimum absolute atomic E-state index is 0.191.